The predicted molar refractivity (Wildman–Crippen MR) is 109 cm³/mol. The van der Waals surface area contributed by atoms with E-state index in [9.17, 15) is 8.78 Å². The minimum atomic E-state index is -3.72. The first kappa shape index (κ1) is 21.2. The lowest BCUT2D eigenvalue weighted by molar-refractivity contribution is 0.0805. The first-order valence-corrected chi connectivity index (χ1v) is 9.28. The second kappa shape index (κ2) is 8.89. The Bertz CT molecular complexity index is 1080. The van der Waals surface area contributed by atoms with E-state index >= 15 is 0 Å². The minimum absolute atomic E-state index is 0.114. The molecule has 0 aliphatic rings. The zero-order valence-electron chi connectivity index (χ0n) is 14.9. The highest BCUT2D eigenvalue weighted by molar-refractivity contribution is 7.71. The maximum atomic E-state index is 13.4. The Balaban J connectivity index is 1.83. The third-order valence-electron chi connectivity index (χ3n) is 3.74. The number of benzene rings is 2. The molecule has 0 aliphatic carbocycles. The number of hydrogen-bond donors (Lipinski definition) is 1. The quantitative estimate of drug-likeness (QED) is 0.294. The van der Waals surface area contributed by atoms with Crippen molar-refractivity contribution in [3.05, 3.63) is 69.2 Å². The minimum Gasteiger partial charge on any atom is -0.496 e. The van der Waals surface area contributed by atoms with Crippen molar-refractivity contribution in [2.45, 2.75) is 12.0 Å². The Morgan fingerprint density at radius 3 is 2.66 bits per heavy atom. The van der Waals surface area contributed by atoms with Crippen LogP contribution in [0.4, 0.5) is 8.78 Å². The molecular formula is C18H14Cl2F2N4O2S. The van der Waals surface area contributed by atoms with Gasteiger partial charge in [0, 0.05) is 10.6 Å². The van der Waals surface area contributed by atoms with E-state index in [4.69, 9.17) is 44.9 Å². The molecule has 2 aromatic carbocycles. The lowest BCUT2D eigenvalue weighted by Crippen LogP contribution is -2.11. The number of alkyl halides is 3. The molecule has 1 N–H and O–H groups in total. The number of rotatable bonds is 7. The predicted octanol–water partition coefficient (Wildman–Crippen LogP) is 5.35. The Labute approximate surface area is 179 Å². The molecule has 29 heavy (non-hydrogen) atoms. The van der Waals surface area contributed by atoms with Crippen LogP contribution in [0.1, 0.15) is 17.0 Å². The lowest BCUT2D eigenvalue weighted by atomic mass is 10.1. The van der Waals surface area contributed by atoms with Crippen LogP contribution >= 0.6 is 35.4 Å². The molecule has 1 heterocycles. The summed E-state index contributed by atoms with van der Waals surface area (Å²) < 4.78 is 38.5. The zero-order chi connectivity index (χ0) is 21.0. The number of methoxy groups -OCH3 is 1. The van der Waals surface area contributed by atoms with Crippen molar-refractivity contribution < 1.29 is 18.3 Å². The maximum Gasteiger partial charge on any atom is 0.383 e. The van der Waals surface area contributed by atoms with E-state index in [1.54, 1.807) is 42.5 Å². The number of aromatic amines is 1. The highest BCUT2D eigenvalue weighted by atomic mass is 35.5. The second-order valence-corrected chi connectivity index (χ2v) is 7.02. The number of aromatic nitrogens is 3. The second-order valence-electron chi connectivity index (χ2n) is 5.72. The van der Waals surface area contributed by atoms with Crippen molar-refractivity contribution in [3.8, 4) is 11.5 Å². The van der Waals surface area contributed by atoms with Crippen molar-refractivity contribution in [3.63, 3.8) is 0 Å². The van der Waals surface area contributed by atoms with Crippen LogP contribution in [0.15, 0.2) is 47.6 Å². The molecule has 6 nitrogen and oxygen atoms in total. The normalized spacial score (nSPS) is 11.8. The third-order valence-corrected chi connectivity index (χ3v) is 4.42. The van der Waals surface area contributed by atoms with Crippen LogP contribution < -0.4 is 9.47 Å². The van der Waals surface area contributed by atoms with Gasteiger partial charge in [0.1, 0.15) is 18.1 Å². The van der Waals surface area contributed by atoms with Gasteiger partial charge < -0.3 is 9.47 Å². The van der Waals surface area contributed by atoms with Gasteiger partial charge in [-0.05, 0) is 71.8 Å². The van der Waals surface area contributed by atoms with Crippen LogP contribution in [0, 0.1) is 4.77 Å². The Kier molecular flexibility index (Phi) is 6.51. The Morgan fingerprint density at radius 1 is 1.28 bits per heavy atom. The van der Waals surface area contributed by atoms with E-state index in [1.165, 1.54) is 13.3 Å². The van der Waals surface area contributed by atoms with E-state index < -0.39 is 11.2 Å². The summed E-state index contributed by atoms with van der Waals surface area (Å²) in [5.74, 6) is 0.429. The average Bonchev–Trinajstić information content (AvgIpc) is 3.07. The molecule has 0 aliphatic heterocycles. The molecule has 0 amide bonds. The number of ether oxygens (including phenoxy) is 2. The zero-order valence-corrected chi connectivity index (χ0v) is 17.2. The van der Waals surface area contributed by atoms with Gasteiger partial charge in [0.25, 0.3) is 0 Å². The van der Waals surface area contributed by atoms with Crippen molar-refractivity contribution in [2.75, 3.05) is 7.11 Å². The van der Waals surface area contributed by atoms with Crippen molar-refractivity contribution in [1.82, 2.24) is 14.9 Å². The molecule has 0 unspecified atom stereocenters. The summed E-state index contributed by atoms with van der Waals surface area (Å²) in [5.41, 5.74) is 1.33. The van der Waals surface area contributed by atoms with Gasteiger partial charge in [-0.15, -0.1) is 5.10 Å². The maximum absolute atomic E-state index is 13.4. The summed E-state index contributed by atoms with van der Waals surface area (Å²) in [7, 11) is 1.54. The largest absolute Gasteiger partial charge is 0.496 e. The van der Waals surface area contributed by atoms with Gasteiger partial charge in [-0.3, -0.25) is 0 Å². The molecule has 0 atom stereocenters. The average molecular weight is 459 g/mol. The molecule has 0 saturated carbocycles. The molecule has 0 radical (unpaired) electrons. The summed E-state index contributed by atoms with van der Waals surface area (Å²) in [6, 6.07) is 12.1. The van der Waals surface area contributed by atoms with E-state index in [0.29, 0.717) is 22.1 Å². The Hall–Kier alpha value is -2.49. The molecule has 1 aromatic heterocycles. The van der Waals surface area contributed by atoms with Gasteiger partial charge in [-0.2, -0.15) is 18.6 Å². The molecule has 11 heteroatoms. The number of halogens is 4. The standard InChI is InChI=1S/C18H14Cl2F2N4O2S/c1-27-15-7-2-11(8-12(15)10-28-14-5-3-13(19)4-6-14)9-23-26-16(18(20,21)22)24-25-17(26)29/h2-9H,10H2,1H3,(H,25,29). The highest BCUT2D eigenvalue weighted by Gasteiger charge is 2.35. The monoisotopic (exact) mass is 458 g/mol. The van der Waals surface area contributed by atoms with Crippen molar-refractivity contribution in [2.24, 2.45) is 5.10 Å². The summed E-state index contributed by atoms with van der Waals surface area (Å²) in [6.07, 6.45) is 1.35. The molecule has 0 fully saturated rings. The van der Waals surface area contributed by atoms with Crippen molar-refractivity contribution in [1.29, 1.82) is 0 Å². The molecule has 152 valence electrons. The van der Waals surface area contributed by atoms with Crippen LogP contribution in [0.25, 0.3) is 0 Å². The Morgan fingerprint density at radius 2 is 2.00 bits per heavy atom. The van der Waals surface area contributed by atoms with Crippen LogP contribution in [0.3, 0.4) is 0 Å². The SMILES string of the molecule is COc1ccc(C=Nn2c(C(F)(F)Cl)n[nH]c2=S)cc1COc1ccc(Cl)cc1. The number of hydrogen-bond acceptors (Lipinski definition) is 5. The number of H-pyrrole nitrogens is 1. The van der Waals surface area contributed by atoms with Crippen LogP contribution in [-0.4, -0.2) is 28.2 Å². The fourth-order valence-corrected chi connectivity index (χ4v) is 2.82. The first-order valence-electron chi connectivity index (χ1n) is 8.12. The summed E-state index contributed by atoms with van der Waals surface area (Å²) >= 11 is 15.8. The van der Waals surface area contributed by atoms with E-state index in [1.807, 2.05) is 0 Å². The molecule has 3 rings (SSSR count). The molecule has 0 bridgehead atoms. The van der Waals surface area contributed by atoms with Gasteiger partial charge >= 0.3 is 5.38 Å². The van der Waals surface area contributed by atoms with Gasteiger partial charge in [0.15, 0.2) is 0 Å². The van der Waals surface area contributed by atoms with Gasteiger partial charge in [0.2, 0.25) is 10.6 Å². The summed E-state index contributed by atoms with van der Waals surface area (Å²) in [6.45, 7) is 0.211. The van der Waals surface area contributed by atoms with E-state index in [2.05, 4.69) is 15.3 Å². The van der Waals surface area contributed by atoms with E-state index in [0.717, 1.165) is 10.2 Å². The molecule has 0 saturated heterocycles. The van der Waals surface area contributed by atoms with E-state index in [-0.39, 0.29) is 11.4 Å². The molecule has 0 spiro atoms. The molecular weight excluding hydrogens is 445 g/mol. The van der Waals surface area contributed by atoms with Crippen LogP contribution in [0.2, 0.25) is 5.02 Å². The van der Waals surface area contributed by atoms with Gasteiger partial charge in [0.05, 0.1) is 13.3 Å². The number of nitrogens with zero attached hydrogens (tertiary/aromatic N) is 3. The van der Waals surface area contributed by atoms with Gasteiger partial charge in [-0.1, -0.05) is 11.6 Å². The van der Waals surface area contributed by atoms with Crippen molar-refractivity contribution >= 4 is 41.6 Å². The topological polar surface area (TPSA) is 64.4 Å². The lowest BCUT2D eigenvalue weighted by Gasteiger charge is -2.11. The van der Waals surface area contributed by atoms with Crippen LogP contribution in [0.5, 0.6) is 11.5 Å². The fraction of sp³-hybridized carbons (Fsp3) is 0.167. The summed E-state index contributed by atoms with van der Waals surface area (Å²) in [4.78, 5) is 0. The molecule has 3 aromatic rings. The van der Waals surface area contributed by atoms with Crippen LogP contribution in [-0.2, 0) is 12.0 Å². The van der Waals surface area contributed by atoms with Gasteiger partial charge in [-0.25, -0.2) is 5.10 Å². The highest BCUT2D eigenvalue weighted by Crippen LogP contribution is 2.30. The fourth-order valence-electron chi connectivity index (χ4n) is 2.39. The smallest absolute Gasteiger partial charge is 0.383 e. The third kappa shape index (κ3) is 5.31. The summed E-state index contributed by atoms with van der Waals surface area (Å²) in [5, 5.41) is 6.50. The first-order chi connectivity index (χ1) is 13.8. The number of nitrogens with one attached hydrogen (secondary N) is 1.